The minimum absolute atomic E-state index is 0.331. The van der Waals surface area contributed by atoms with Crippen LogP contribution in [0.1, 0.15) is 5.56 Å². The van der Waals surface area contributed by atoms with E-state index in [2.05, 4.69) is 0 Å². The van der Waals surface area contributed by atoms with E-state index < -0.39 is 11.7 Å². The molecule has 0 bridgehead atoms. The fourth-order valence-electron chi connectivity index (χ4n) is 0.672. The number of nitrogens with zero attached hydrogens (tertiary/aromatic N) is 2. The number of nitrogen functional groups attached to an aromatic ring is 1. The van der Waals surface area contributed by atoms with Gasteiger partial charge >= 0.3 is 6.18 Å². The van der Waals surface area contributed by atoms with Crippen molar-refractivity contribution in [2.45, 2.75) is 6.18 Å². The lowest BCUT2D eigenvalue weighted by Gasteiger charge is -2.05. The van der Waals surface area contributed by atoms with E-state index in [1.54, 1.807) is 0 Å². The molecule has 0 saturated carbocycles. The van der Waals surface area contributed by atoms with Crippen LogP contribution in [0, 0.1) is 10.8 Å². The summed E-state index contributed by atoms with van der Waals surface area (Å²) in [6.07, 6.45) is -4.27. The number of hydrogen-bond donors (Lipinski definition) is 1. The summed E-state index contributed by atoms with van der Waals surface area (Å²) in [6.45, 7) is 0. The monoisotopic (exact) mass is 189 g/mol. The van der Waals surface area contributed by atoms with Crippen LogP contribution in [0.25, 0.3) is 0 Å². The van der Waals surface area contributed by atoms with E-state index in [-0.39, 0.29) is 0 Å². The van der Waals surface area contributed by atoms with Crippen LogP contribution in [0.4, 0.5) is 18.9 Å². The van der Waals surface area contributed by atoms with Gasteiger partial charge in [0.25, 0.3) is 0 Å². The van der Waals surface area contributed by atoms with Gasteiger partial charge in [0.05, 0.1) is 5.56 Å². The van der Waals surface area contributed by atoms with Gasteiger partial charge in [0, 0.05) is 16.5 Å². The van der Waals surface area contributed by atoms with Gasteiger partial charge in [-0.25, -0.2) is 0 Å². The van der Waals surface area contributed by atoms with Crippen LogP contribution in [0.15, 0.2) is 24.3 Å². The summed E-state index contributed by atoms with van der Waals surface area (Å²) in [4.78, 5) is 0. The highest BCUT2D eigenvalue weighted by molar-refractivity contribution is 5.39. The van der Waals surface area contributed by atoms with Gasteiger partial charge in [-0.2, -0.15) is 13.2 Å². The molecule has 70 valence electrons. The first-order valence-electron chi connectivity index (χ1n) is 3.13. The Bertz CT molecular complexity index is 275. The molecule has 0 unspecified atom stereocenters. The Labute approximate surface area is 72.4 Å². The predicted octanol–water partition coefficient (Wildman–Crippen LogP) is 2.32. The molecule has 13 heavy (non-hydrogen) atoms. The second-order valence-corrected chi connectivity index (χ2v) is 2.12. The molecule has 0 aliphatic rings. The Morgan fingerprint density at radius 2 is 1.38 bits per heavy atom. The number of rotatable bonds is 0. The lowest BCUT2D eigenvalue weighted by Crippen LogP contribution is -2.04. The maximum atomic E-state index is 11.9. The van der Waals surface area contributed by atoms with Crippen LogP contribution in [-0.2, 0) is 6.18 Å². The Balaban J connectivity index is 0.000000671. The second-order valence-electron chi connectivity index (χ2n) is 2.12. The zero-order valence-electron chi connectivity index (χ0n) is 6.42. The first-order valence-corrected chi connectivity index (χ1v) is 3.13. The molecule has 0 amide bonds. The van der Waals surface area contributed by atoms with Crippen LogP contribution in [0.3, 0.4) is 0 Å². The van der Waals surface area contributed by atoms with Crippen molar-refractivity contribution in [1.29, 1.82) is 10.8 Å². The Hall–Kier alpha value is -1.77. The van der Waals surface area contributed by atoms with Crippen molar-refractivity contribution in [3.63, 3.8) is 0 Å². The van der Waals surface area contributed by atoms with Gasteiger partial charge in [-0.1, -0.05) is 0 Å². The zero-order valence-corrected chi connectivity index (χ0v) is 6.42. The fraction of sp³-hybridized carbons (Fsp3) is 0.143. The summed E-state index contributed by atoms with van der Waals surface area (Å²) in [5, 5.41) is 12.0. The standard InChI is InChI=1S/C7H6F3N.N2/c8-7(9,10)5-1-3-6(11)4-2-5;1-2/h1-4H,11H2;. The molecule has 2 N–H and O–H groups in total. The number of anilines is 1. The van der Waals surface area contributed by atoms with Gasteiger partial charge in [0.1, 0.15) is 0 Å². The minimum atomic E-state index is -4.27. The highest BCUT2D eigenvalue weighted by atomic mass is 19.4. The average molecular weight is 189 g/mol. The first kappa shape index (κ1) is 11.2. The molecule has 0 aliphatic carbocycles. The maximum absolute atomic E-state index is 11.9. The summed E-state index contributed by atoms with van der Waals surface area (Å²) in [6, 6.07) is 4.36. The van der Waals surface area contributed by atoms with E-state index in [1.165, 1.54) is 12.1 Å². The summed E-state index contributed by atoms with van der Waals surface area (Å²) < 4.78 is 35.6. The Kier molecular flexibility index (Phi) is 3.72. The van der Waals surface area contributed by atoms with E-state index in [9.17, 15) is 13.2 Å². The quantitative estimate of drug-likeness (QED) is 0.502. The van der Waals surface area contributed by atoms with E-state index in [0.29, 0.717) is 5.69 Å². The first-order chi connectivity index (χ1) is 6.00. The summed E-state index contributed by atoms with van der Waals surface area (Å²) in [5.74, 6) is 0. The van der Waals surface area contributed by atoms with Crippen molar-refractivity contribution in [1.82, 2.24) is 0 Å². The zero-order chi connectivity index (χ0) is 10.5. The number of benzene rings is 1. The molecule has 0 aliphatic heterocycles. The average Bonchev–Trinajstić information content (AvgIpc) is 2.07. The Morgan fingerprint density at radius 1 is 1.00 bits per heavy atom. The van der Waals surface area contributed by atoms with E-state index >= 15 is 0 Å². The predicted molar refractivity (Wildman–Crippen MR) is 39.3 cm³/mol. The summed E-state index contributed by atoms with van der Waals surface area (Å²) in [7, 11) is 0. The van der Waals surface area contributed by atoms with Gasteiger partial charge < -0.3 is 5.73 Å². The third-order valence-corrected chi connectivity index (χ3v) is 1.24. The molecule has 0 aromatic heterocycles. The molecule has 0 fully saturated rings. The number of nitrogens with two attached hydrogens (primary N) is 1. The normalized spacial score (nSPS) is 9.92. The van der Waals surface area contributed by atoms with Crippen LogP contribution in [0.5, 0.6) is 0 Å². The minimum Gasteiger partial charge on any atom is -0.399 e. The molecule has 0 atom stereocenters. The number of alkyl halides is 3. The highest BCUT2D eigenvalue weighted by Gasteiger charge is 2.29. The topological polar surface area (TPSA) is 73.6 Å². The summed E-state index contributed by atoms with van der Waals surface area (Å²) >= 11 is 0. The van der Waals surface area contributed by atoms with Gasteiger partial charge in [-0.15, -0.1) is 0 Å². The van der Waals surface area contributed by atoms with Crippen molar-refractivity contribution in [3.05, 3.63) is 29.8 Å². The van der Waals surface area contributed by atoms with Gasteiger partial charge in [0.2, 0.25) is 0 Å². The largest absolute Gasteiger partial charge is 0.416 e. The van der Waals surface area contributed by atoms with Crippen molar-refractivity contribution in [2.24, 2.45) is 0 Å². The maximum Gasteiger partial charge on any atom is 0.416 e. The van der Waals surface area contributed by atoms with Crippen molar-refractivity contribution < 1.29 is 13.2 Å². The van der Waals surface area contributed by atoms with Crippen molar-refractivity contribution >= 4 is 5.69 Å². The van der Waals surface area contributed by atoms with Crippen LogP contribution < -0.4 is 5.73 Å². The third-order valence-electron chi connectivity index (χ3n) is 1.24. The number of halogens is 3. The molecular formula is C7H6F3N3. The van der Waals surface area contributed by atoms with E-state index in [4.69, 9.17) is 16.5 Å². The van der Waals surface area contributed by atoms with Gasteiger partial charge in [0.15, 0.2) is 0 Å². The lowest BCUT2D eigenvalue weighted by molar-refractivity contribution is -0.137. The molecule has 0 radical (unpaired) electrons. The number of hydrogen-bond acceptors (Lipinski definition) is 3. The second kappa shape index (κ2) is 4.30. The van der Waals surface area contributed by atoms with Crippen LogP contribution >= 0.6 is 0 Å². The molecule has 3 nitrogen and oxygen atoms in total. The molecule has 1 rings (SSSR count). The molecule has 0 spiro atoms. The summed E-state index contributed by atoms with van der Waals surface area (Å²) in [5.41, 5.74) is 4.86. The van der Waals surface area contributed by atoms with Gasteiger partial charge in [-0.3, -0.25) is 0 Å². The molecular weight excluding hydrogens is 183 g/mol. The highest BCUT2D eigenvalue weighted by Crippen LogP contribution is 2.29. The fourth-order valence-corrected chi connectivity index (χ4v) is 0.672. The molecule has 1 aromatic carbocycles. The molecule has 1 aromatic rings. The van der Waals surface area contributed by atoms with E-state index in [1.807, 2.05) is 0 Å². The lowest BCUT2D eigenvalue weighted by atomic mass is 10.2. The van der Waals surface area contributed by atoms with E-state index in [0.717, 1.165) is 12.1 Å². The van der Waals surface area contributed by atoms with Crippen LogP contribution in [-0.4, -0.2) is 0 Å². The van der Waals surface area contributed by atoms with Crippen LogP contribution in [0.2, 0.25) is 0 Å². The Morgan fingerprint density at radius 3 is 1.69 bits per heavy atom. The molecule has 6 heteroatoms. The SMILES string of the molecule is N#N.Nc1ccc(C(F)(F)F)cc1. The van der Waals surface area contributed by atoms with Gasteiger partial charge in [-0.05, 0) is 24.3 Å². The van der Waals surface area contributed by atoms with Crippen molar-refractivity contribution in [2.75, 3.05) is 5.73 Å². The molecule has 0 heterocycles. The smallest absolute Gasteiger partial charge is 0.399 e. The van der Waals surface area contributed by atoms with Crippen molar-refractivity contribution in [3.8, 4) is 0 Å². The third kappa shape index (κ3) is 3.42. The molecule has 0 saturated heterocycles.